The third kappa shape index (κ3) is 2.34. The number of carbonyl (C=O) groups excluding carboxylic acids is 1. The highest BCUT2D eigenvalue weighted by atomic mass is 35.5. The summed E-state index contributed by atoms with van der Waals surface area (Å²) in [5, 5.41) is 19.8. The van der Waals surface area contributed by atoms with E-state index in [0.29, 0.717) is 0 Å². The van der Waals surface area contributed by atoms with Gasteiger partial charge in [-0.05, 0) is 12.1 Å². The fraction of sp³-hybridized carbons (Fsp3) is 0.200. The number of hydrogen-bond acceptors (Lipinski definition) is 5. The zero-order valence-electron chi connectivity index (χ0n) is 8.77. The molecule has 0 fully saturated rings. The molecule has 0 aliphatic heterocycles. The monoisotopic (exact) mass is 254 g/mol. The smallest absolute Gasteiger partial charge is 0.329 e. The second kappa shape index (κ2) is 5.27. The molecule has 7 heteroatoms. The summed E-state index contributed by atoms with van der Waals surface area (Å²) in [5.74, 6) is -0.968. The lowest BCUT2D eigenvalue weighted by molar-refractivity contribution is -0.386. The third-order valence-corrected chi connectivity index (χ3v) is 2.32. The number of nitro benzene ring substituents is 1. The van der Waals surface area contributed by atoms with E-state index in [2.05, 4.69) is 0 Å². The molecule has 0 bridgehead atoms. The fourth-order valence-electron chi connectivity index (χ4n) is 1.34. The maximum absolute atomic E-state index is 11.4. The number of nitriles is 1. The van der Waals surface area contributed by atoms with E-state index >= 15 is 0 Å². The Morgan fingerprint density at radius 2 is 2.29 bits per heavy atom. The number of Topliss-reactive ketones (excluding diaryl/α,β-unsaturated/α-hetero) is 1. The largest absolute Gasteiger partial charge is 0.490 e. The number of ether oxygens (including phenoxy) is 1. The van der Waals surface area contributed by atoms with Crippen LogP contribution in [0.15, 0.2) is 12.1 Å². The van der Waals surface area contributed by atoms with Gasteiger partial charge in [0.05, 0.1) is 17.9 Å². The molecule has 88 valence electrons. The van der Waals surface area contributed by atoms with E-state index in [9.17, 15) is 14.9 Å². The molecule has 6 nitrogen and oxygen atoms in total. The summed E-state index contributed by atoms with van der Waals surface area (Å²) in [6, 6.07) is 4.18. The van der Waals surface area contributed by atoms with Crippen molar-refractivity contribution >= 4 is 23.1 Å². The molecule has 0 unspecified atom stereocenters. The molecule has 0 aliphatic carbocycles. The molecule has 1 aromatic rings. The first-order valence-corrected chi connectivity index (χ1v) is 4.94. The molecule has 0 aromatic heterocycles. The number of nitro groups is 1. The Kier molecular flexibility index (Phi) is 4.01. The minimum absolute atomic E-state index is 0.0716. The van der Waals surface area contributed by atoms with E-state index < -0.39 is 16.4 Å². The second-order valence-electron chi connectivity index (χ2n) is 2.96. The van der Waals surface area contributed by atoms with Crippen LogP contribution in [0.1, 0.15) is 15.9 Å². The Labute approximate surface area is 102 Å². The molecule has 1 aromatic carbocycles. The van der Waals surface area contributed by atoms with Crippen LogP contribution < -0.4 is 4.74 Å². The molecule has 0 amide bonds. The van der Waals surface area contributed by atoms with Crippen LogP contribution in [0.4, 0.5) is 5.69 Å². The van der Waals surface area contributed by atoms with Crippen molar-refractivity contribution in [1.82, 2.24) is 0 Å². The Hall–Kier alpha value is -2.13. The molecular formula is C10H7ClN2O4. The number of carbonyl (C=O) groups is 1. The molecule has 0 spiro atoms. The van der Waals surface area contributed by atoms with Crippen molar-refractivity contribution in [2.24, 2.45) is 0 Å². The number of hydrogen-bond donors (Lipinski definition) is 0. The highest BCUT2D eigenvalue weighted by Gasteiger charge is 2.26. The number of nitrogens with zero attached hydrogens (tertiary/aromatic N) is 2. The summed E-state index contributed by atoms with van der Waals surface area (Å²) in [7, 11) is 1.24. The predicted octanol–water partition coefficient (Wildman–Crippen LogP) is 1.90. The standard InChI is InChI=1S/C10H7ClN2O4/c1-17-9-3-2-6(8(14)4-11)7(5-12)10(9)13(15)16/h2-3H,4H2,1H3. The summed E-state index contributed by atoms with van der Waals surface area (Å²) < 4.78 is 4.78. The van der Waals surface area contributed by atoms with E-state index in [1.54, 1.807) is 6.07 Å². The predicted molar refractivity (Wildman–Crippen MR) is 59.4 cm³/mol. The van der Waals surface area contributed by atoms with Crippen molar-refractivity contribution in [1.29, 1.82) is 5.26 Å². The minimum atomic E-state index is -0.762. The first kappa shape index (κ1) is 12.9. The summed E-state index contributed by atoms with van der Waals surface area (Å²) in [5.41, 5.74) is -0.930. The number of alkyl halides is 1. The van der Waals surface area contributed by atoms with Crippen LogP contribution in [0, 0.1) is 21.4 Å². The molecule has 0 heterocycles. The van der Waals surface area contributed by atoms with Gasteiger partial charge >= 0.3 is 5.69 Å². The first-order valence-electron chi connectivity index (χ1n) is 4.41. The van der Waals surface area contributed by atoms with Crippen molar-refractivity contribution in [2.75, 3.05) is 13.0 Å². The number of ketones is 1. The second-order valence-corrected chi connectivity index (χ2v) is 3.23. The van der Waals surface area contributed by atoms with Crippen LogP contribution in [0.5, 0.6) is 5.75 Å². The Morgan fingerprint density at radius 1 is 1.65 bits per heavy atom. The van der Waals surface area contributed by atoms with Crippen molar-refractivity contribution in [2.45, 2.75) is 0 Å². The normalized spacial score (nSPS) is 9.47. The molecule has 0 atom stereocenters. The van der Waals surface area contributed by atoms with E-state index in [0.717, 1.165) is 0 Å². The molecule has 0 N–H and O–H groups in total. The van der Waals surface area contributed by atoms with Gasteiger partial charge < -0.3 is 4.74 Å². The van der Waals surface area contributed by atoms with E-state index in [4.69, 9.17) is 21.6 Å². The topological polar surface area (TPSA) is 93.2 Å². The van der Waals surface area contributed by atoms with Gasteiger partial charge in [-0.1, -0.05) is 0 Å². The van der Waals surface area contributed by atoms with Crippen molar-refractivity contribution < 1.29 is 14.5 Å². The fourth-order valence-corrected chi connectivity index (χ4v) is 1.48. The maximum Gasteiger partial charge on any atom is 0.329 e. The minimum Gasteiger partial charge on any atom is -0.490 e. The highest BCUT2D eigenvalue weighted by Crippen LogP contribution is 2.32. The highest BCUT2D eigenvalue weighted by molar-refractivity contribution is 6.30. The summed E-state index contributed by atoms with van der Waals surface area (Å²) >= 11 is 5.36. The zero-order chi connectivity index (χ0) is 13.0. The number of halogens is 1. The molecule has 0 aliphatic rings. The Morgan fingerprint density at radius 3 is 2.71 bits per heavy atom. The van der Waals surface area contributed by atoms with Gasteiger partial charge in [-0.3, -0.25) is 14.9 Å². The van der Waals surface area contributed by atoms with Crippen LogP contribution >= 0.6 is 11.6 Å². The quantitative estimate of drug-likeness (QED) is 0.354. The molecule has 1 rings (SSSR count). The van der Waals surface area contributed by atoms with Gasteiger partial charge in [0.25, 0.3) is 0 Å². The van der Waals surface area contributed by atoms with Gasteiger partial charge in [0, 0.05) is 5.56 Å². The maximum atomic E-state index is 11.4. The van der Waals surface area contributed by atoms with Crippen LogP contribution in [0.2, 0.25) is 0 Å². The summed E-state index contributed by atoms with van der Waals surface area (Å²) in [4.78, 5) is 21.5. The molecule has 0 radical (unpaired) electrons. The van der Waals surface area contributed by atoms with E-state index in [-0.39, 0.29) is 22.8 Å². The number of rotatable bonds is 4. The number of methoxy groups -OCH3 is 1. The third-order valence-electron chi connectivity index (χ3n) is 2.08. The SMILES string of the molecule is COc1ccc(C(=O)CCl)c(C#N)c1[N+](=O)[O-]. The van der Waals surface area contributed by atoms with Gasteiger partial charge in [0.15, 0.2) is 11.5 Å². The zero-order valence-corrected chi connectivity index (χ0v) is 9.52. The molecule has 0 saturated heterocycles. The van der Waals surface area contributed by atoms with Crippen molar-refractivity contribution in [3.8, 4) is 11.8 Å². The molecule has 17 heavy (non-hydrogen) atoms. The lowest BCUT2D eigenvalue weighted by Gasteiger charge is -2.06. The lowest BCUT2D eigenvalue weighted by Crippen LogP contribution is -2.07. The van der Waals surface area contributed by atoms with Gasteiger partial charge in [-0.15, -0.1) is 11.6 Å². The average Bonchev–Trinajstić information content (AvgIpc) is 2.35. The van der Waals surface area contributed by atoms with E-state index in [1.807, 2.05) is 0 Å². The Bertz CT molecular complexity index is 522. The van der Waals surface area contributed by atoms with Gasteiger partial charge in [-0.2, -0.15) is 5.26 Å². The summed E-state index contributed by atoms with van der Waals surface area (Å²) in [6.07, 6.45) is 0. The average molecular weight is 255 g/mol. The van der Waals surface area contributed by atoms with Crippen LogP contribution in [0.3, 0.4) is 0 Å². The van der Waals surface area contributed by atoms with Crippen LogP contribution in [-0.4, -0.2) is 23.7 Å². The van der Waals surface area contributed by atoms with Crippen LogP contribution in [-0.2, 0) is 0 Å². The van der Waals surface area contributed by atoms with Crippen molar-refractivity contribution in [3.63, 3.8) is 0 Å². The van der Waals surface area contributed by atoms with Gasteiger partial charge in [0.1, 0.15) is 11.6 Å². The molecular weight excluding hydrogens is 248 g/mol. The summed E-state index contributed by atoms with van der Waals surface area (Å²) in [6.45, 7) is 0. The first-order chi connectivity index (χ1) is 8.06. The van der Waals surface area contributed by atoms with Crippen LogP contribution in [0.25, 0.3) is 0 Å². The lowest BCUT2D eigenvalue weighted by atomic mass is 10.0. The van der Waals surface area contributed by atoms with E-state index in [1.165, 1.54) is 19.2 Å². The molecule has 0 saturated carbocycles. The van der Waals surface area contributed by atoms with Crippen molar-refractivity contribution in [3.05, 3.63) is 33.4 Å². The number of benzene rings is 1. The van der Waals surface area contributed by atoms with Gasteiger partial charge in [0.2, 0.25) is 0 Å². The van der Waals surface area contributed by atoms with Gasteiger partial charge in [-0.25, -0.2) is 0 Å². The Balaban J connectivity index is 3.59.